The van der Waals surface area contributed by atoms with Gasteiger partial charge in [0, 0.05) is 30.9 Å². The highest BCUT2D eigenvalue weighted by Crippen LogP contribution is 2.32. The summed E-state index contributed by atoms with van der Waals surface area (Å²) in [5.41, 5.74) is 3.14. The second kappa shape index (κ2) is 6.72. The van der Waals surface area contributed by atoms with Crippen LogP contribution < -0.4 is 0 Å². The van der Waals surface area contributed by atoms with Gasteiger partial charge in [0.05, 0.1) is 35.4 Å². The molecular formula is C21H23N5O3. The number of hydrogen-bond acceptors (Lipinski definition) is 5. The SMILES string of the molecule is Cc1noc(C)c1CN1C(=O)[C@H]2CC[C@@H]1CN(C(=O)c1cnn3ccccc13)C2. The lowest BCUT2D eigenvalue weighted by atomic mass is 9.93. The first kappa shape index (κ1) is 17.9. The molecule has 29 heavy (non-hydrogen) atoms. The van der Waals surface area contributed by atoms with E-state index in [-0.39, 0.29) is 23.8 Å². The standard InChI is InChI=1S/C21H23N5O3/c1-13-18(14(2)29-23-13)12-25-16-7-6-15(20(25)27)10-24(11-16)21(28)17-9-22-26-8-4-3-5-19(17)26/h3-5,8-9,15-16H,6-7,10-12H2,1-2H3/t15-,16+/m0/s1. The van der Waals surface area contributed by atoms with Crippen LogP contribution >= 0.6 is 0 Å². The fourth-order valence-electron chi connectivity index (χ4n) is 4.58. The minimum absolute atomic E-state index is 0.000684. The van der Waals surface area contributed by atoms with E-state index in [2.05, 4.69) is 10.3 Å². The number of aryl methyl sites for hydroxylation is 2. The molecule has 3 aliphatic heterocycles. The fourth-order valence-corrected chi connectivity index (χ4v) is 4.58. The molecule has 3 aromatic heterocycles. The van der Waals surface area contributed by atoms with E-state index in [4.69, 9.17) is 4.52 Å². The lowest BCUT2D eigenvalue weighted by molar-refractivity contribution is -0.140. The Morgan fingerprint density at radius 3 is 2.90 bits per heavy atom. The van der Waals surface area contributed by atoms with E-state index in [1.807, 2.05) is 48.0 Å². The van der Waals surface area contributed by atoms with Crippen LogP contribution in [0, 0.1) is 19.8 Å². The van der Waals surface area contributed by atoms with Crippen molar-refractivity contribution in [1.29, 1.82) is 0 Å². The van der Waals surface area contributed by atoms with Crippen molar-refractivity contribution in [2.45, 2.75) is 39.3 Å². The van der Waals surface area contributed by atoms with E-state index in [9.17, 15) is 9.59 Å². The molecule has 0 aliphatic carbocycles. The van der Waals surface area contributed by atoms with Gasteiger partial charge in [-0.25, -0.2) is 4.52 Å². The van der Waals surface area contributed by atoms with Crippen LogP contribution in [0.25, 0.3) is 5.52 Å². The quantitative estimate of drug-likeness (QED) is 0.681. The third-order valence-corrected chi connectivity index (χ3v) is 6.25. The van der Waals surface area contributed by atoms with Crippen molar-refractivity contribution in [2.75, 3.05) is 13.1 Å². The monoisotopic (exact) mass is 393 g/mol. The van der Waals surface area contributed by atoms with Gasteiger partial charge in [0.25, 0.3) is 5.91 Å². The maximum absolute atomic E-state index is 13.3. The number of nitrogens with zero attached hydrogens (tertiary/aromatic N) is 5. The molecule has 8 nitrogen and oxygen atoms in total. The molecule has 3 aliphatic rings. The Hall–Kier alpha value is -3.16. The van der Waals surface area contributed by atoms with Gasteiger partial charge >= 0.3 is 0 Å². The van der Waals surface area contributed by atoms with Gasteiger partial charge in [0.2, 0.25) is 5.91 Å². The minimum Gasteiger partial charge on any atom is -0.361 e. The third-order valence-electron chi connectivity index (χ3n) is 6.25. The maximum atomic E-state index is 13.3. The van der Waals surface area contributed by atoms with Gasteiger partial charge in [0.1, 0.15) is 5.76 Å². The molecule has 0 radical (unpaired) electrons. The molecular weight excluding hydrogens is 370 g/mol. The van der Waals surface area contributed by atoms with Crippen LogP contribution in [0.4, 0.5) is 0 Å². The second-order valence-corrected chi connectivity index (χ2v) is 8.00. The molecule has 0 aromatic carbocycles. The van der Waals surface area contributed by atoms with Crippen molar-refractivity contribution in [1.82, 2.24) is 24.6 Å². The number of pyridine rings is 1. The number of hydrogen-bond donors (Lipinski definition) is 0. The predicted molar refractivity (Wildman–Crippen MR) is 104 cm³/mol. The van der Waals surface area contributed by atoms with E-state index < -0.39 is 0 Å². The Bertz CT molecular complexity index is 1080. The molecule has 2 atom stereocenters. The molecule has 2 bridgehead atoms. The molecule has 6 heterocycles. The normalized spacial score (nSPS) is 21.8. The predicted octanol–water partition coefficient (Wildman–Crippen LogP) is 2.20. The summed E-state index contributed by atoms with van der Waals surface area (Å²) in [6.07, 6.45) is 5.17. The van der Waals surface area contributed by atoms with Gasteiger partial charge in [0.15, 0.2) is 0 Å². The zero-order chi connectivity index (χ0) is 20.1. The van der Waals surface area contributed by atoms with Crippen molar-refractivity contribution in [3.05, 3.63) is 53.2 Å². The Morgan fingerprint density at radius 1 is 1.24 bits per heavy atom. The number of carbonyl (C=O) groups excluding carboxylic acids is 2. The molecule has 6 rings (SSSR count). The molecule has 0 saturated carbocycles. The van der Waals surface area contributed by atoms with Crippen molar-refractivity contribution in [3.8, 4) is 0 Å². The summed E-state index contributed by atoms with van der Waals surface area (Å²) in [6.45, 7) is 5.25. The van der Waals surface area contributed by atoms with Gasteiger partial charge in [-0.2, -0.15) is 5.10 Å². The Kier molecular flexibility index (Phi) is 4.15. The van der Waals surface area contributed by atoms with E-state index in [0.29, 0.717) is 25.2 Å². The first-order chi connectivity index (χ1) is 14.0. The van der Waals surface area contributed by atoms with E-state index in [0.717, 1.165) is 35.4 Å². The van der Waals surface area contributed by atoms with E-state index >= 15 is 0 Å². The van der Waals surface area contributed by atoms with Crippen LogP contribution in [0.2, 0.25) is 0 Å². The zero-order valence-electron chi connectivity index (χ0n) is 16.5. The molecule has 3 aromatic rings. The van der Waals surface area contributed by atoms with Gasteiger partial charge in [-0.15, -0.1) is 0 Å². The van der Waals surface area contributed by atoms with Gasteiger partial charge in [-0.3, -0.25) is 9.59 Å². The summed E-state index contributed by atoms with van der Waals surface area (Å²) in [6, 6.07) is 5.67. The van der Waals surface area contributed by atoms with E-state index in [1.54, 1.807) is 10.7 Å². The van der Waals surface area contributed by atoms with E-state index in [1.165, 1.54) is 0 Å². The summed E-state index contributed by atoms with van der Waals surface area (Å²) in [5, 5.41) is 8.30. The van der Waals surface area contributed by atoms with Crippen LogP contribution in [0.1, 0.15) is 40.2 Å². The average Bonchev–Trinajstić information content (AvgIpc) is 3.16. The minimum atomic E-state index is -0.167. The Balaban J connectivity index is 1.42. The number of aromatic nitrogens is 3. The Morgan fingerprint density at radius 2 is 2.10 bits per heavy atom. The molecule has 0 spiro atoms. The molecule has 150 valence electrons. The molecule has 0 N–H and O–H groups in total. The second-order valence-electron chi connectivity index (χ2n) is 8.00. The molecule has 8 heteroatoms. The number of rotatable bonds is 3. The van der Waals surface area contributed by atoms with Crippen LogP contribution in [-0.4, -0.2) is 55.5 Å². The summed E-state index contributed by atoms with van der Waals surface area (Å²) >= 11 is 0. The largest absolute Gasteiger partial charge is 0.361 e. The first-order valence-electron chi connectivity index (χ1n) is 9.97. The van der Waals surface area contributed by atoms with Crippen molar-refractivity contribution < 1.29 is 14.1 Å². The van der Waals surface area contributed by atoms with Crippen LogP contribution in [0.15, 0.2) is 35.1 Å². The molecule has 3 fully saturated rings. The smallest absolute Gasteiger partial charge is 0.257 e. The number of piperidine rings is 1. The first-order valence-corrected chi connectivity index (χ1v) is 9.97. The number of carbonyl (C=O) groups is 2. The highest BCUT2D eigenvalue weighted by molar-refractivity contribution is 6.01. The lowest BCUT2D eigenvalue weighted by Crippen LogP contribution is -2.47. The van der Waals surface area contributed by atoms with Gasteiger partial charge < -0.3 is 14.3 Å². The zero-order valence-corrected chi connectivity index (χ0v) is 16.5. The van der Waals surface area contributed by atoms with Crippen LogP contribution in [-0.2, 0) is 11.3 Å². The topological polar surface area (TPSA) is 84.0 Å². The van der Waals surface area contributed by atoms with Crippen molar-refractivity contribution in [2.24, 2.45) is 5.92 Å². The lowest BCUT2D eigenvalue weighted by Gasteiger charge is -2.35. The van der Waals surface area contributed by atoms with Crippen LogP contribution in [0.5, 0.6) is 0 Å². The van der Waals surface area contributed by atoms with Crippen LogP contribution in [0.3, 0.4) is 0 Å². The van der Waals surface area contributed by atoms with Gasteiger partial charge in [-0.05, 0) is 38.8 Å². The highest BCUT2D eigenvalue weighted by Gasteiger charge is 2.42. The average molecular weight is 393 g/mol. The summed E-state index contributed by atoms with van der Waals surface area (Å²) in [4.78, 5) is 30.2. The van der Waals surface area contributed by atoms with Gasteiger partial charge in [-0.1, -0.05) is 11.2 Å². The summed E-state index contributed by atoms with van der Waals surface area (Å²) in [5.74, 6) is 0.640. The highest BCUT2D eigenvalue weighted by atomic mass is 16.5. The number of fused-ring (bicyclic) bond motifs is 5. The molecule has 0 unspecified atom stereocenters. The molecule has 2 amide bonds. The Labute approximate surface area is 168 Å². The third kappa shape index (κ3) is 2.90. The van der Waals surface area contributed by atoms with Crippen molar-refractivity contribution in [3.63, 3.8) is 0 Å². The number of amides is 2. The fraction of sp³-hybridized carbons (Fsp3) is 0.429. The summed E-state index contributed by atoms with van der Waals surface area (Å²) in [7, 11) is 0. The summed E-state index contributed by atoms with van der Waals surface area (Å²) < 4.78 is 6.97. The maximum Gasteiger partial charge on any atom is 0.257 e. The van der Waals surface area contributed by atoms with Crippen molar-refractivity contribution >= 4 is 17.3 Å². The molecule has 3 saturated heterocycles.